The number of anilines is 1. The summed E-state index contributed by atoms with van der Waals surface area (Å²) in [5.74, 6) is 0.839. The molecule has 1 aromatic carbocycles. The second-order valence-electron chi connectivity index (χ2n) is 7.20. The van der Waals surface area contributed by atoms with Crippen LogP contribution in [0.2, 0.25) is 0 Å². The fourth-order valence-corrected chi connectivity index (χ4v) is 6.15. The first kappa shape index (κ1) is 21.1. The van der Waals surface area contributed by atoms with Crippen molar-refractivity contribution in [3.63, 3.8) is 0 Å². The zero-order chi connectivity index (χ0) is 21.3. The van der Waals surface area contributed by atoms with Crippen LogP contribution in [0.4, 0.5) is 5.82 Å². The number of nitrogens with zero attached hydrogens (tertiary/aromatic N) is 5. The van der Waals surface area contributed by atoms with E-state index >= 15 is 0 Å². The molecule has 0 spiro atoms. The summed E-state index contributed by atoms with van der Waals surface area (Å²) in [5.41, 5.74) is 1.10. The molecule has 0 radical (unpaired) electrons. The Morgan fingerprint density at radius 2 is 1.83 bits per heavy atom. The van der Waals surface area contributed by atoms with E-state index in [1.807, 2.05) is 19.2 Å². The number of fused-ring (bicyclic) bond motifs is 1. The van der Waals surface area contributed by atoms with Crippen LogP contribution in [0, 0.1) is 6.92 Å². The molecule has 0 atom stereocenters. The lowest BCUT2D eigenvalue weighted by Gasteiger charge is -2.35. The van der Waals surface area contributed by atoms with Gasteiger partial charge in [0.05, 0.1) is 11.5 Å². The van der Waals surface area contributed by atoms with Crippen LogP contribution in [0.5, 0.6) is 0 Å². The van der Waals surface area contributed by atoms with Gasteiger partial charge in [-0.2, -0.15) is 9.61 Å². The summed E-state index contributed by atoms with van der Waals surface area (Å²) in [7, 11) is -3.77. The van der Waals surface area contributed by atoms with Crippen molar-refractivity contribution in [2.75, 3.05) is 50.5 Å². The minimum absolute atomic E-state index is 0.148. The first-order chi connectivity index (χ1) is 14.5. The molecular formula is C20H25N5O3S2. The van der Waals surface area contributed by atoms with Crippen LogP contribution in [-0.4, -0.2) is 78.6 Å². The highest BCUT2D eigenvalue weighted by Crippen LogP contribution is 2.34. The molecule has 0 aliphatic carbocycles. The monoisotopic (exact) mass is 447 g/mol. The van der Waals surface area contributed by atoms with Gasteiger partial charge in [-0.3, -0.25) is 4.90 Å². The van der Waals surface area contributed by atoms with Crippen molar-refractivity contribution in [1.82, 2.24) is 19.5 Å². The van der Waals surface area contributed by atoms with Crippen molar-refractivity contribution in [2.45, 2.75) is 21.7 Å². The number of hydrogen-bond acceptors (Lipinski definition) is 8. The van der Waals surface area contributed by atoms with Crippen LogP contribution in [0.15, 0.2) is 51.2 Å². The van der Waals surface area contributed by atoms with E-state index < -0.39 is 9.84 Å². The van der Waals surface area contributed by atoms with Crippen molar-refractivity contribution >= 4 is 33.1 Å². The molecule has 0 amide bonds. The lowest BCUT2D eigenvalue weighted by molar-refractivity contribution is 0.188. The lowest BCUT2D eigenvalue weighted by Crippen LogP contribution is -2.47. The first-order valence-electron chi connectivity index (χ1n) is 9.78. The molecule has 1 saturated heterocycles. The molecule has 4 rings (SSSR count). The molecule has 1 aliphatic rings. The van der Waals surface area contributed by atoms with Gasteiger partial charge >= 0.3 is 0 Å². The largest absolute Gasteiger partial charge is 0.395 e. The number of rotatable bonds is 6. The maximum absolute atomic E-state index is 13.5. The van der Waals surface area contributed by atoms with Gasteiger partial charge in [-0.1, -0.05) is 18.2 Å². The van der Waals surface area contributed by atoms with Crippen molar-refractivity contribution in [3.05, 3.63) is 42.1 Å². The van der Waals surface area contributed by atoms with E-state index in [1.54, 1.807) is 34.8 Å². The van der Waals surface area contributed by atoms with E-state index in [4.69, 9.17) is 0 Å². The summed E-state index contributed by atoms with van der Waals surface area (Å²) in [6.45, 7) is 5.88. The minimum atomic E-state index is -3.77. The number of hydrogen-bond donors (Lipinski definition) is 1. The van der Waals surface area contributed by atoms with Gasteiger partial charge < -0.3 is 10.0 Å². The Kier molecular flexibility index (Phi) is 6.01. The van der Waals surface area contributed by atoms with Crippen LogP contribution in [0.3, 0.4) is 0 Å². The molecule has 1 aliphatic heterocycles. The molecule has 3 aromatic rings. The summed E-state index contributed by atoms with van der Waals surface area (Å²) in [6, 6.07) is 10.4. The van der Waals surface area contributed by atoms with Gasteiger partial charge in [-0.05, 0) is 25.3 Å². The van der Waals surface area contributed by atoms with Crippen molar-refractivity contribution < 1.29 is 13.5 Å². The third-order valence-corrected chi connectivity index (χ3v) is 7.86. The number of aliphatic hydroxyl groups is 1. The molecule has 2 aromatic heterocycles. The Bertz CT molecular complexity index is 1140. The normalized spacial score (nSPS) is 15.8. The molecule has 1 N–H and O–H groups in total. The van der Waals surface area contributed by atoms with Crippen molar-refractivity contribution in [1.29, 1.82) is 0 Å². The summed E-state index contributed by atoms with van der Waals surface area (Å²) in [4.78, 5) is 9.38. The van der Waals surface area contributed by atoms with Crippen LogP contribution >= 0.6 is 11.8 Å². The fourth-order valence-electron chi connectivity index (χ4n) is 3.73. The Morgan fingerprint density at radius 1 is 1.13 bits per heavy atom. The molecular weight excluding hydrogens is 422 g/mol. The summed E-state index contributed by atoms with van der Waals surface area (Å²) in [5, 5.41) is 14.3. The number of sulfone groups is 1. The number of aryl methyl sites for hydroxylation is 1. The quantitative estimate of drug-likeness (QED) is 0.571. The number of β-amino-alcohol motifs (C(OH)–C–C–N with tert-alkyl or cyclic N) is 1. The standard InChI is InChI=1S/C20H25N5O3S2/c1-15-14-17(24-10-8-23(9-11-24)12-13-26)25-19(21-15)18(20(22-25)29-2)30(27,28)16-6-4-3-5-7-16/h3-7,14,26H,8-13H2,1-2H3. The predicted octanol–water partition coefficient (Wildman–Crippen LogP) is 1.71. The topological polar surface area (TPSA) is 91.0 Å². The van der Waals surface area contributed by atoms with E-state index in [-0.39, 0.29) is 16.4 Å². The molecule has 1 fully saturated rings. The molecule has 8 nitrogen and oxygen atoms in total. The van der Waals surface area contributed by atoms with Gasteiger partial charge in [0.1, 0.15) is 10.8 Å². The third kappa shape index (κ3) is 3.80. The maximum Gasteiger partial charge on any atom is 0.213 e. The SMILES string of the molecule is CSc1nn2c(N3CCN(CCO)CC3)cc(C)nc2c1S(=O)(=O)c1ccccc1. The zero-order valence-electron chi connectivity index (χ0n) is 17.0. The molecule has 0 bridgehead atoms. The third-order valence-electron chi connectivity index (χ3n) is 5.25. The fraction of sp³-hybridized carbons (Fsp3) is 0.400. The number of thioether (sulfide) groups is 1. The number of aromatic nitrogens is 3. The minimum Gasteiger partial charge on any atom is -0.395 e. The average Bonchev–Trinajstić information content (AvgIpc) is 3.14. The second kappa shape index (κ2) is 8.54. The molecule has 160 valence electrons. The lowest BCUT2D eigenvalue weighted by atomic mass is 10.3. The highest BCUT2D eigenvalue weighted by molar-refractivity contribution is 7.99. The van der Waals surface area contributed by atoms with E-state index in [0.29, 0.717) is 17.2 Å². The molecule has 0 unspecified atom stereocenters. The number of piperazine rings is 1. The van der Waals surface area contributed by atoms with Crippen molar-refractivity contribution in [3.8, 4) is 0 Å². The van der Waals surface area contributed by atoms with Gasteiger partial charge in [0.25, 0.3) is 0 Å². The molecule has 3 heterocycles. The summed E-state index contributed by atoms with van der Waals surface area (Å²) < 4.78 is 28.6. The van der Waals surface area contributed by atoms with Gasteiger partial charge in [-0.15, -0.1) is 11.8 Å². The zero-order valence-corrected chi connectivity index (χ0v) is 18.7. The van der Waals surface area contributed by atoms with Crippen LogP contribution in [-0.2, 0) is 9.84 Å². The number of benzene rings is 1. The Balaban J connectivity index is 1.83. The van der Waals surface area contributed by atoms with E-state index in [2.05, 4.69) is 19.9 Å². The van der Waals surface area contributed by atoms with E-state index in [1.165, 1.54) is 11.8 Å². The molecule has 30 heavy (non-hydrogen) atoms. The Morgan fingerprint density at radius 3 is 2.47 bits per heavy atom. The molecule has 10 heteroatoms. The average molecular weight is 448 g/mol. The first-order valence-corrected chi connectivity index (χ1v) is 12.5. The van der Waals surface area contributed by atoms with E-state index in [9.17, 15) is 13.5 Å². The number of aliphatic hydroxyl groups excluding tert-OH is 1. The Hall–Kier alpha value is -2.14. The van der Waals surface area contributed by atoms with Crippen molar-refractivity contribution in [2.24, 2.45) is 0 Å². The Labute approximate surface area is 180 Å². The van der Waals surface area contributed by atoms with Gasteiger partial charge in [0, 0.05) is 44.5 Å². The smallest absolute Gasteiger partial charge is 0.213 e. The maximum atomic E-state index is 13.5. The molecule has 0 saturated carbocycles. The van der Waals surface area contributed by atoms with Crippen LogP contribution in [0.1, 0.15) is 5.69 Å². The van der Waals surface area contributed by atoms with Crippen LogP contribution < -0.4 is 4.90 Å². The van der Waals surface area contributed by atoms with Crippen LogP contribution in [0.25, 0.3) is 5.65 Å². The van der Waals surface area contributed by atoms with E-state index in [0.717, 1.165) is 37.7 Å². The second-order valence-corrected chi connectivity index (χ2v) is 9.88. The highest BCUT2D eigenvalue weighted by Gasteiger charge is 2.30. The summed E-state index contributed by atoms with van der Waals surface area (Å²) >= 11 is 1.31. The van der Waals surface area contributed by atoms with Gasteiger partial charge in [0.15, 0.2) is 10.5 Å². The highest BCUT2D eigenvalue weighted by atomic mass is 32.2. The van der Waals surface area contributed by atoms with Gasteiger partial charge in [-0.25, -0.2) is 13.4 Å². The van der Waals surface area contributed by atoms with Gasteiger partial charge in [0.2, 0.25) is 9.84 Å². The summed E-state index contributed by atoms with van der Waals surface area (Å²) in [6.07, 6.45) is 1.83. The predicted molar refractivity (Wildman–Crippen MR) is 117 cm³/mol.